The Kier molecular flexibility index (Phi) is 144. The molecule has 0 bridgehead atoms. The van der Waals surface area contributed by atoms with Crippen molar-refractivity contribution in [3.63, 3.8) is 0 Å². The Bertz CT molecular complexity index is 6.00. The molecule has 0 aliphatic heterocycles. The van der Waals surface area contributed by atoms with Crippen LogP contribution >= 0.6 is 20.3 Å². The Morgan fingerprint density at radius 1 is 1.00 bits per heavy atom. The van der Waals surface area contributed by atoms with Crippen molar-refractivity contribution in [2.24, 2.45) is 0 Å². The number of hydrogen-bond acceptors (Lipinski definition) is 0. The Morgan fingerprint density at radius 3 is 1.00 bits per heavy atom. The molecule has 0 rings (SSSR count). The first-order chi connectivity index (χ1) is 1.00. The third-order valence-corrected chi connectivity index (χ3v) is 0. The van der Waals surface area contributed by atoms with E-state index in [9.17, 15) is 0 Å². The molecule has 0 aliphatic rings. The van der Waals surface area contributed by atoms with Gasteiger partial charge in [0, 0.05) is 0 Å². The average Bonchev–Trinajstić information content (AvgIpc) is 1.00. The van der Waals surface area contributed by atoms with Gasteiger partial charge in [0.15, 0.2) is 0 Å². The van der Waals surface area contributed by atoms with Crippen molar-refractivity contribution < 1.29 is 11.0 Å². The topological polar surface area (TPSA) is 63.0 Å². The van der Waals surface area contributed by atoms with Crippen LogP contribution in [0.5, 0.6) is 0 Å². The molecule has 2 nitrogen and oxygen atoms in total. The van der Waals surface area contributed by atoms with Gasteiger partial charge in [-0.15, -0.1) is 0 Å². The first-order valence-electron chi connectivity index (χ1n) is 0.218. The second kappa shape index (κ2) is 30.3. The fourth-order valence-electron chi connectivity index (χ4n) is 0. The molecular weight excluding hydrogens is 186 g/mol. The van der Waals surface area contributed by atoms with Crippen LogP contribution in [0.25, 0.3) is 0 Å². The largest absolute Gasteiger partial charge is 0.412 e. The molecule has 4 N–H and O–H groups in total. The van der Waals surface area contributed by atoms with Crippen LogP contribution in [0.3, 0.4) is 0 Å². The maximum Gasteiger partial charge on any atom is 0.243 e. The standard InChI is InChI=1S/Al.HI.2H2O/h;1H;2*1H2/q+1;;;/p-1. The van der Waals surface area contributed by atoms with Gasteiger partial charge in [-0.3, -0.25) is 0 Å². The van der Waals surface area contributed by atoms with E-state index in [-0.39, 0.29) is 11.0 Å². The summed E-state index contributed by atoms with van der Waals surface area (Å²) in [4.78, 5) is 0. The Morgan fingerprint density at radius 2 is 1.00 bits per heavy atom. The third-order valence-electron chi connectivity index (χ3n) is 0. The lowest BCUT2D eigenvalue weighted by Gasteiger charge is -1.03. The molecule has 0 unspecified atom stereocenters. The van der Waals surface area contributed by atoms with E-state index in [0.29, 0.717) is 0 Å². The zero-order chi connectivity index (χ0) is 2.00. The minimum atomic E-state index is 0. The van der Waals surface area contributed by atoms with E-state index >= 15 is 0 Å². The Balaban J connectivity index is -0.00000000500. The number of hydrogen-bond donors (Lipinski definition) is 0. The number of rotatable bonds is 0. The van der Waals surface area contributed by atoms with Gasteiger partial charge in [-0.1, -0.05) is 0 Å². The second-order valence-electron chi connectivity index (χ2n) is 0. The van der Waals surface area contributed by atoms with E-state index < -0.39 is 0 Å². The highest BCUT2D eigenvalue weighted by molar-refractivity contribution is 14.1. The van der Waals surface area contributed by atoms with Crippen molar-refractivity contribution in [3.8, 4) is 0 Å². The summed E-state index contributed by atoms with van der Waals surface area (Å²) in [5.74, 6) is 0. The lowest BCUT2D eigenvalue weighted by atomic mass is 16.0. The quantitative estimate of drug-likeness (QED) is 0.342. The van der Waals surface area contributed by atoms with E-state index in [1.165, 1.54) is 0 Å². The molecule has 4 heteroatoms. The second-order valence-corrected chi connectivity index (χ2v) is 0. The van der Waals surface area contributed by atoms with Crippen LogP contribution in [0.1, 0.15) is 0 Å². The number of halogens is 1. The van der Waals surface area contributed by atoms with E-state index in [0.717, 1.165) is 0 Å². The predicted octanol–water partition coefficient (Wildman–Crippen LogP) is -1.14. The maximum atomic E-state index is 2.39. The summed E-state index contributed by atoms with van der Waals surface area (Å²) < 4.78 is 0. The van der Waals surface area contributed by atoms with Crippen molar-refractivity contribution >= 4 is 33.3 Å². The van der Waals surface area contributed by atoms with Gasteiger partial charge in [-0.25, -0.2) is 20.3 Å². The lowest BCUT2D eigenvalue weighted by Crippen LogP contribution is -0.931. The molecule has 0 spiro atoms. The molecule has 26 valence electrons. The average molecular weight is 190 g/mol. The molecular formula is H4AlIO2. The molecule has 0 saturated carbocycles. The summed E-state index contributed by atoms with van der Waals surface area (Å²) in [5.41, 5.74) is 0. The van der Waals surface area contributed by atoms with Crippen LogP contribution in [0, 0.1) is 0 Å². The fourth-order valence-corrected chi connectivity index (χ4v) is 0. The molecule has 0 heterocycles. The van der Waals surface area contributed by atoms with Gasteiger partial charge in [0.2, 0.25) is 13.0 Å². The van der Waals surface area contributed by atoms with Crippen molar-refractivity contribution in [2.75, 3.05) is 0 Å². The molecule has 0 aromatic rings. The van der Waals surface area contributed by atoms with Crippen molar-refractivity contribution in [1.82, 2.24) is 0 Å². The van der Waals surface area contributed by atoms with Gasteiger partial charge >= 0.3 is 0 Å². The zero-order valence-corrected chi connectivity index (χ0v) is 5.27. The van der Waals surface area contributed by atoms with Crippen LogP contribution in [0.4, 0.5) is 0 Å². The van der Waals surface area contributed by atoms with Gasteiger partial charge in [-0.2, -0.15) is 0 Å². The minimum absolute atomic E-state index is 0. The van der Waals surface area contributed by atoms with Gasteiger partial charge in [0.05, 0.1) is 0 Å². The van der Waals surface area contributed by atoms with Crippen molar-refractivity contribution in [3.05, 3.63) is 0 Å². The highest BCUT2D eigenvalue weighted by atomic mass is 127. The molecule has 0 aromatic carbocycles. The van der Waals surface area contributed by atoms with E-state index in [1.807, 2.05) is 0 Å². The molecule has 0 atom stereocenters. The Labute approximate surface area is 44.3 Å². The fraction of sp³-hybridized carbons (Fsp3) is 0. The van der Waals surface area contributed by atoms with Crippen LogP contribution in [-0.2, 0) is 0 Å². The summed E-state index contributed by atoms with van der Waals surface area (Å²) >= 11 is 4.45. The predicted molar refractivity (Wildman–Crippen MR) is 27.0 cm³/mol. The summed E-state index contributed by atoms with van der Waals surface area (Å²) in [6.07, 6.45) is 0. The minimum Gasteiger partial charge on any atom is -0.412 e. The summed E-state index contributed by atoms with van der Waals surface area (Å²) in [7, 11) is 0. The van der Waals surface area contributed by atoms with Crippen molar-refractivity contribution in [2.45, 2.75) is 0 Å². The van der Waals surface area contributed by atoms with Crippen LogP contribution < -0.4 is 0 Å². The van der Waals surface area contributed by atoms with Crippen LogP contribution in [0.2, 0.25) is 0 Å². The molecule has 0 aliphatic carbocycles. The highest BCUT2D eigenvalue weighted by Gasteiger charge is 1.03. The van der Waals surface area contributed by atoms with Gasteiger partial charge in [-0.05, 0) is 0 Å². The molecule has 0 amide bonds. The van der Waals surface area contributed by atoms with Crippen LogP contribution in [-0.4, -0.2) is 24.0 Å². The first-order valence-corrected chi connectivity index (χ1v) is 4.39. The summed E-state index contributed by atoms with van der Waals surface area (Å²) in [6.45, 7) is 0. The molecule has 0 fully saturated rings. The smallest absolute Gasteiger partial charge is 0.243 e. The SMILES string of the molecule is O.O.[Al][I]. The maximum absolute atomic E-state index is 2.39. The van der Waals surface area contributed by atoms with Crippen LogP contribution in [0.15, 0.2) is 0 Å². The first kappa shape index (κ1) is 19.0. The molecule has 2 radical (unpaired) electrons. The third kappa shape index (κ3) is 10.8. The molecule has 4 heavy (non-hydrogen) atoms. The normalized spacial score (nSPS) is 1.25. The van der Waals surface area contributed by atoms with Gasteiger partial charge in [0.1, 0.15) is 0 Å². The zero-order valence-electron chi connectivity index (χ0n) is 1.96. The monoisotopic (exact) mass is 190 g/mol. The van der Waals surface area contributed by atoms with E-state index in [2.05, 4.69) is 33.3 Å². The van der Waals surface area contributed by atoms with Gasteiger partial charge < -0.3 is 11.0 Å². The molecule has 0 aromatic heterocycles. The molecule has 0 saturated heterocycles. The lowest BCUT2D eigenvalue weighted by molar-refractivity contribution is 0.823. The summed E-state index contributed by atoms with van der Waals surface area (Å²) in [5, 5.41) is 0. The van der Waals surface area contributed by atoms with E-state index in [4.69, 9.17) is 0 Å². The Hall–Kier alpha value is 1.18. The van der Waals surface area contributed by atoms with Gasteiger partial charge in [0.25, 0.3) is 0 Å². The van der Waals surface area contributed by atoms with Crippen molar-refractivity contribution in [1.29, 1.82) is 0 Å². The van der Waals surface area contributed by atoms with E-state index in [1.54, 1.807) is 0 Å². The summed E-state index contributed by atoms with van der Waals surface area (Å²) in [6, 6.07) is 0. The highest BCUT2D eigenvalue weighted by Crippen LogP contribution is 1.44.